The van der Waals surface area contributed by atoms with Crippen LogP contribution >= 0.6 is 0 Å². The first-order chi connectivity index (χ1) is 8.49. The predicted octanol–water partition coefficient (Wildman–Crippen LogP) is 1.02. The number of amides is 1. The zero-order valence-corrected chi connectivity index (χ0v) is 10.7. The average Bonchev–Trinajstić information content (AvgIpc) is 2.34. The molecule has 0 saturated heterocycles. The maximum Gasteiger partial charge on any atom is 0.311 e. The molecule has 2 aliphatic rings. The number of aliphatic carboxylic acids is 1. The maximum atomic E-state index is 11.9. The summed E-state index contributed by atoms with van der Waals surface area (Å²) in [6.45, 7) is 0.222. The van der Waals surface area contributed by atoms with Crippen molar-refractivity contribution in [3.8, 4) is 0 Å². The van der Waals surface area contributed by atoms with Crippen LogP contribution < -0.4 is 11.1 Å². The molecular formula is C13H22N2O3. The SMILES string of the molecule is NC1(C(=O)NCC2(C(=O)O)CCCCC2)CCC1. The quantitative estimate of drug-likeness (QED) is 0.698. The Hall–Kier alpha value is -1.10. The molecule has 2 aliphatic carbocycles. The second-order valence-corrected chi connectivity index (χ2v) is 5.84. The van der Waals surface area contributed by atoms with Crippen molar-refractivity contribution in [2.45, 2.75) is 56.9 Å². The van der Waals surface area contributed by atoms with Crippen molar-refractivity contribution in [2.75, 3.05) is 6.54 Å². The van der Waals surface area contributed by atoms with E-state index in [1.807, 2.05) is 0 Å². The molecule has 2 fully saturated rings. The third-order valence-corrected chi connectivity index (χ3v) is 4.55. The Bertz CT molecular complexity index is 344. The molecule has 0 heterocycles. The molecule has 0 bridgehead atoms. The number of rotatable bonds is 4. The zero-order valence-electron chi connectivity index (χ0n) is 10.7. The van der Waals surface area contributed by atoms with Gasteiger partial charge >= 0.3 is 5.97 Å². The molecule has 4 N–H and O–H groups in total. The second kappa shape index (κ2) is 4.88. The normalized spacial score (nSPS) is 24.9. The lowest BCUT2D eigenvalue weighted by Crippen LogP contribution is -2.60. The van der Waals surface area contributed by atoms with Crippen molar-refractivity contribution in [1.29, 1.82) is 0 Å². The minimum atomic E-state index is -0.790. The molecule has 0 aromatic heterocycles. The maximum absolute atomic E-state index is 11.9. The van der Waals surface area contributed by atoms with Gasteiger partial charge in [0.25, 0.3) is 0 Å². The van der Waals surface area contributed by atoms with Crippen LogP contribution in [0.2, 0.25) is 0 Å². The van der Waals surface area contributed by atoms with Gasteiger partial charge in [-0.3, -0.25) is 9.59 Å². The molecule has 0 aromatic carbocycles. The fourth-order valence-corrected chi connectivity index (χ4v) is 2.91. The van der Waals surface area contributed by atoms with E-state index >= 15 is 0 Å². The Morgan fingerprint density at radius 1 is 1.06 bits per heavy atom. The zero-order chi connectivity index (χ0) is 13.2. The highest BCUT2D eigenvalue weighted by Gasteiger charge is 2.43. The summed E-state index contributed by atoms with van der Waals surface area (Å²) in [6, 6.07) is 0. The minimum absolute atomic E-state index is 0.181. The Labute approximate surface area is 107 Å². The van der Waals surface area contributed by atoms with Crippen molar-refractivity contribution in [3.05, 3.63) is 0 Å². The summed E-state index contributed by atoms with van der Waals surface area (Å²) in [5, 5.41) is 12.2. The molecule has 2 saturated carbocycles. The van der Waals surface area contributed by atoms with E-state index in [-0.39, 0.29) is 12.5 Å². The Morgan fingerprint density at radius 3 is 2.11 bits per heavy atom. The fraction of sp³-hybridized carbons (Fsp3) is 0.846. The molecule has 0 aliphatic heterocycles. The molecule has 102 valence electrons. The number of hydrogen-bond donors (Lipinski definition) is 3. The van der Waals surface area contributed by atoms with E-state index in [1.165, 1.54) is 0 Å². The number of carbonyl (C=O) groups is 2. The monoisotopic (exact) mass is 254 g/mol. The fourth-order valence-electron chi connectivity index (χ4n) is 2.91. The van der Waals surface area contributed by atoms with Gasteiger partial charge in [-0.05, 0) is 32.1 Å². The van der Waals surface area contributed by atoms with E-state index < -0.39 is 16.9 Å². The average molecular weight is 254 g/mol. The summed E-state index contributed by atoms with van der Waals surface area (Å²) in [5.74, 6) is -0.970. The Balaban J connectivity index is 1.93. The van der Waals surface area contributed by atoms with Crippen molar-refractivity contribution in [3.63, 3.8) is 0 Å². The lowest BCUT2D eigenvalue weighted by Gasteiger charge is -2.38. The van der Waals surface area contributed by atoms with Crippen LogP contribution in [-0.2, 0) is 9.59 Å². The molecular weight excluding hydrogens is 232 g/mol. The van der Waals surface area contributed by atoms with Gasteiger partial charge in [0.05, 0.1) is 11.0 Å². The molecule has 0 aromatic rings. The van der Waals surface area contributed by atoms with E-state index in [4.69, 9.17) is 5.73 Å². The number of carboxylic acid groups (broad SMARTS) is 1. The topological polar surface area (TPSA) is 92.4 Å². The van der Waals surface area contributed by atoms with Crippen molar-refractivity contribution in [1.82, 2.24) is 5.32 Å². The van der Waals surface area contributed by atoms with Gasteiger partial charge < -0.3 is 16.2 Å². The van der Waals surface area contributed by atoms with Crippen molar-refractivity contribution in [2.24, 2.45) is 11.1 Å². The number of carbonyl (C=O) groups excluding carboxylic acids is 1. The number of carboxylic acids is 1. The van der Waals surface area contributed by atoms with Crippen LogP contribution in [-0.4, -0.2) is 29.1 Å². The highest BCUT2D eigenvalue weighted by molar-refractivity contribution is 5.87. The lowest BCUT2D eigenvalue weighted by molar-refractivity contribution is -0.151. The summed E-state index contributed by atoms with van der Waals surface area (Å²) < 4.78 is 0. The molecule has 5 nitrogen and oxygen atoms in total. The van der Waals surface area contributed by atoms with Gasteiger partial charge in [0.2, 0.25) is 5.91 Å². The highest BCUT2D eigenvalue weighted by Crippen LogP contribution is 2.36. The van der Waals surface area contributed by atoms with Crippen LogP contribution in [0.15, 0.2) is 0 Å². The van der Waals surface area contributed by atoms with Crippen LogP contribution in [0.3, 0.4) is 0 Å². The largest absolute Gasteiger partial charge is 0.481 e. The van der Waals surface area contributed by atoms with Crippen LogP contribution in [0.5, 0.6) is 0 Å². The van der Waals surface area contributed by atoms with E-state index in [9.17, 15) is 14.7 Å². The number of hydrogen-bond acceptors (Lipinski definition) is 3. The van der Waals surface area contributed by atoms with Gasteiger partial charge in [-0.2, -0.15) is 0 Å². The number of nitrogens with one attached hydrogen (secondary N) is 1. The Kier molecular flexibility index (Phi) is 3.61. The van der Waals surface area contributed by atoms with Crippen LogP contribution in [0.1, 0.15) is 51.4 Å². The first-order valence-electron chi connectivity index (χ1n) is 6.79. The first kappa shape index (κ1) is 13.3. The molecule has 18 heavy (non-hydrogen) atoms. The summed E-state index contributed by atoms with van der Waals surface area (Å²) in [4.78, 5) is 23.4. The summed E-state index contributed by atoms with van der Waals surface area (Å²) in [7, 11) is 0. The van der Waals surface area contributed by atoms with E-state index in [0.717, 1.165) is 25.7 Å². The van der Waals surface area contributed by atoms with Gasteiger partial charge in [0, 0.05) is 6.54 Å². The minimum Gasteiger partial charge on any atom is -0.481 e. The van der Waals surface area contributed by atoms with Crippen LogP contribution in [0, 0.1) is 5.41 Å². The molecule has 0 spiro atoms. The lowest BCUT2D eigenvalue weighted by atomic mass is 9.73. The van der Waals surface area contributed by atoms with Crippen molar-refractivity contribution < 1.29 is 14.7 Å². The molecule has 5 heteroatoms. The molecule has 0 atom stereocenters. The third kappa shape index (κ3) is 2.36. The summed E-state index contributed by atoms with van der Waals surface area (Å²) in [6.07, 6.45) is 6.64. The Morgan fingerprint density at radius 2 is 1.67 bits per heavy atom. The van der Waals surface area contributed by atoms with Gasteiger partial charge in [-0.1, -0.05) is 19.3 Å². The number of nitrogens with two attached hydrogens (primary N) is 1. The smallest absolute Gasteiger partial charge is 0.311 e. The summed E-state index contributed by atoms with van der Waals surface area (Å²) in [5.41, 5.74) is 4.41. The van der Waals surface area contributed by atoms with E-state index in [0.29, 0.717) is 25.7 Å². The summed E-state index contributed by atoms with van der Waals surface area (Å²) >= 11 is 0. The van der Waals surface area contributed by atoms with Crippen molar-refractivity contribution >= 4 is 11.9 Å². The molecule has 0 unspecified atom stereocenters. The van der Waals surface area contributed by atoms with Gasteiger partial charge in [0.15, 0.2) is 0 Å². The third-order valence-electron chi connectivity index (χ3n) is 4.55. The molecule has 0 radical (unpaired) electrons. The second-order valence-electron chi connectivity index (χ2n) is 5.84. The molecule has 1 amide bonds. The first-order valence-corrected chi connectivity index (χ1v) is 6.79. The molecule has 2 rings (SSSR count). The van der Waals surface area contributed by atoms with Crippen LogP contribution in [0.4, 0.5) is 0 Å². The van der Waals surface area contributed by atoms with E-state index in [1.54, 1.807) is 0 Å². The van der Waals surface area contributed by atoms with Gasteiger partial charge in [-0.25, -0.2) is 0 Å². The van der Waals surface area contributed by atoms with Crippen LogP contribution in [0.25, 0.3) is 0 Å². The van der Waals surface area contributed by atoms with Gasteiger partial charge in [0.1, 0.15) is 0 Å². The standard InChI is InChI=1S/C13H22N2O3/c14-13(7-4-8-13)10(16)15-9-12(11(17)18)5-2-1-3-6-12/h1-9,14H2,(H,15,16)(H,17,18). The van der Waals surface area contributed by atoms with E-state index in [2.05, 4.69) is 5.32 Å². The predicted molar refractivity (Wildman–Crippen MR) is 66.9 cm³/mol. The van der Waals surface area contributed by atoms with Gasteiger partial charge in [-0.15, -0.1) is 0 Å². The highest BCUT2D eigenvalue weighted by atomic mass is 16.4.